The van der Waals surface area contributed by atoms with Gasteiger partial charge >= 0.3 is 0 Å². The Morgan fingerprint density at radius 1 is 1.14 bits per heavy atom. The second-order valence-corrected chi connectivity index (χ2v) is 7.08. The minimum absolute atomic E-state index is 0.0180. The monoisotopic (exact) mass is 415 g/mol. The first-order chi connectivity index (χ1) is 13.3. The molecule has 2 aromatic carbocycles. The van der Waals surface area contributed by atoms with Gasteiger partial charge in [0, 0.05) is 36.4 Å². The highest BCUT2D eigenvalue weighted by molar-refractivity contribution is 7.80. The Kier molecular flexibility index (Phi) is 5.67. The Morgan fingerprint density at radius 3 is 2.43 bits per heavy atom. The van der Waals surface area contributed by atoms with Crippen molar-refractivity contribution in [3.63, 3.8) is 0 Å². The summed E-state index contributed by atoms with van der Waals surface area (Å²) < 4.78 is 5.43. The number of benzene rings is 2. The fourth-order valence-electron chi connectivity index (χ4n) is 2.73. The molecule has 1 saturated heterocycles. The van der Waals surface area contributed by atoms with E-state index in [1.54, 1.807) is 30.3 Å². The van der Waals surface area contributed by atoms with Crippen molar-refractivity contribution < 1.29 is 14.3 Å². The Labute approximate surface area is 173 Å². The third-order valence-electron chi connectivity index (χ3n) is 4.22. The molecule has 144 valence electrons. The molecule has 0 spiro atoms. The number of rotatable bonds is 4. The van der Waals surface area contributed by atoms with E-state index in [1.165, 1.54) is 18.1 Å². The maximum atomic E-state index is 13.0. The van der Waals surface area contributed by atoms with Gasteiger partial charge in [0.2, 0.25) is 0 Å². The molecule has 0 radical (unpaired) electrons. The van der Waals surface area contributed by atoms with Gasteiger partial charge in [-0.3, -0.25) is 19.8 Å². The number of thiocarbonyl (C=S) groups is 1. The summed E-state index contributed by atoms with van der Waals surface area (Å²) in [6, 6.07) is 12.1. The van der Waals surface area contributed by atoms with Gasteiger partial charge in [0.05, 0.1) is 12.8 Å². The highest BCUT2D eigenvalue weighted by Gasteiger charge is 2.34. The summed E-state index contributed by atoms with van der Waals surface area (Å²) in [7, 11) is 5.36. The quantitative estimate of drug-likeness (QED) is 0.472. The number of carbonyl (C=O) groups is 2. The number of amides is 2. The van der Waals surface area contributed by atoms with Gasteiger partial charge < -0.3 is 9.64 Å². The van der Waals surface area contributed by atoms with Gasteiger partial charge in [-0.2, -0.15) is 0 Å². The summed E-state index contributed by atoms with van der Waals surface area (Å²) in [5.74, 6) is -0.528. The lowest BCUT2D eigenvalue weighted by molar-refractivity contribution is -0.122. The standard InChI is InChI=1S/C20H18ClN3O3S/c1-23(2)15-7-4-12(17(11-15)27-3)10-16-18(25)22-20(28)24(19(16)26)14-8-5-13(21)6-9-14/h4-11H,1-3H3,(H,22,25,28). The van der Waals surface area contributed by atoms with Gasteiger partial charge in [0.25, 0.3) is 11.8 Å². The van der Waals surface area contributed by atoms with Crippen molar-refractivity contribution in [3.8, 4) is 5.75 Å². The summed E-state index contributed by atoms with van der Waals surface area (Å²) >= 11 is 11.1. The van der Waals surface area contributed by atoms with E-state index in [2.05, 4.69) is 5.32 Å². The number of methoxy groups -OCH3 is 1. The molecule has 0 saturated carbocycles. The molecule has 0 aromatic heterocycles. The molecule has 0 aliphatic carbocycles. The van der Waals surface area contributed by atoms with Crippen LogP contribution in [0.3, 0.4) is 0 Å². The molecule has 0 atom stereocenters. The smallest absolute Gasteiger partial charge is 0.270 e. The first kappa shape index (κ1) is 19.9. The number of halogens is 1. The zero-order valence-electron chi connectivity index (χ0n) is 15.5. The number of carbonyl (C=O) groups excluding carboxylic acids is 2. The van der Waals surface area contributed by atoms with E-state index >= 15 is 0 Å². The fraction of sp³-hybridized carbons (Fsp3) is 0.150. The molecule has 8 heteroatoms. The van der Waals surface area contributed by atoms with Gasteiger partial charge in [0.15, 0.2) is 5.11 Å². The molecular formula is C20H18ClN3O3S. The molecular weight excluding hydrogens is 398 g/mol. The van der Waals surface area contributed by atoms with Crippen LogP contribution in [0.4, 0.5) is 11.4 Å². The van der Waals surface area contributed by atoms with Crippen molar-refractivity contribution in [1.29, 1.82) is 0 Å². The maximum absolute atomic E-state index is 13.0. The highest BCUT2D eigenvalue weighted by atomic mass is 35.5. The predicted molar refractivity (Wildman–Crippen MR) is 115 cm³/mol. The van der Waals surface area contributed by atoms with Crippen LogP contribution in [0, 0.1) is 0 Å². The lowest BCUT2D eigenvalue weighted by Crippen LogP contribution is -2.54. The summed E-state index contributed by atoms with van der Waals surface area (Å²) in [4.78, 5) is 28.7. The van der Waals surface area contributed by atoms with Crippen molar-refractivity contribution in [2.24, 2.45) is 0 Å². The topological polar surface area (TPSA) is 61.9 Å². The van der Waals surface area contributed by atoms with E-state index in [4.69, 9.17) is 28.6 Å². The Balaban J connectivity index is 2.03. The Hall–Kier alpha value is -2.90. The average Bonchev–Trinajstić information content (AvgIpc) is 2.66. The minimum atomic E-state index is -0.557. The summed E-state index contributed by atoms with van der Waals surface area (Å²) in [5, 5.41) is 3.11. The van der Waals surface area contributed by atoms with E-state index in [0.29, 0.717) is 22.0 Å². The van der Waals surface area contributed by atoms with E-state index in [9.17, 15) is 9.59 Å². The van der Waals surface area contributed by atoms with Gasteiger partial charge in [-0.15, -0.1) is 0 Å². The number of hydrogen-bond acceptors (Lipinski definition) is 5. The molecule has 1 aliphatic heterocycles. The second kappa shape index (κ2) is 8.00. The minimum Gasteiger partial charge on any atom is -0.496 e. The normalized spacial score (nSPS) is 15.6. The Bertz CT molecular complexity index is 987. The van der Waals surface area contributed by atoms with Crippen molar-refractivity contribution in [3.05, 3.63) is 58.6 Å². The maximum Gasteiger partial charge on any atom is 0.270 e. The van der Waals surface area contributed by atoms with Crippen LogP contribution in [0.1, 0.15) is 5.56 Å². The van der Waals surface area contributed by atoms with Crippen LogP contribution in [0.15, 0.2) is 48.0 Å². The lowest BCUT2D eigenvalue weighted by atomic mass is 10.1. The van der Waals surface area contributed by atoms with Crippen LogP contribution in [-0.4, -0.2) is 38.1 Å². The summed E-state index contributed by atoms with van der Waals surface area (Å²) in [5.41, 5.74) is 2.01. The molecule has 3 rings (SSSR count). The first-order valence-corrected chi connectivity index (χ1v) is 9.13. The van der Waals surface area contributed by atoms with Crippen LogP contribution >= 0.6 is 23.8 Å². The van der Waals surface area contributed by atoms with Crippen molar-refractivity contribution in [2.75, 3.05) is 31.0 Å². The van der Waals surface area contributed by atoms with Crippen molar-refractivity contribution >= 4 is 58.2 Å². The van der Waals surface area contributed by atoms with Crippen LogP contribution in [0.2, 0.25) is 5.02 Å². The highest BCUT2D eigenvalue weighted by Crippen LogP contribution is 2.29. The van der Waals surface area contributed by atoms with Crippen LogP contribution in [-0.2, 0) is 9.59 Å². The molecule has 1 fully saturated rings. The molecule has 0 bridgehead atoms. The molecule has 2 aromatic rings. The average molecular weight is 416 g/mol. The first-order valence-electron chi connectivity index (χ1n) is 8.34. The molecule has 2 amide bonds. The Morgan fingerprint density at radius 2 is 1.82 bits per heavy atom. The molecule has 1 N–H and O–H groups in total. The molecule has 0 unspecified atom stereocenters. The van der Waals surface area contributed by atoms with E-state index < -0.39 is 11.8 Å². The van der Waals surface area contributed by atoms with Crippen LogP contribution < -0.4 is 19.9 Å². The van der Waals surface area contributed by atoms with E-state index in [-0.39, 0.29) is 10.7 Å². The molecule has 6 nitrogen and oxygen atoms in total. The number of ether oxygens (including phenoxy) is 1. The summed E-state index contributed by atoms with van der Waals surface area (Å²) in [6.07, 6.45) is 1.50. The number of hydrogen-bond donors (Lipinski definition) is 1. The lowest BCUT2D eigenvalue weighted by Gasteiger charge is -2.29. The number of nitrogens with one attached hydrogen (secondary N) is 1. The number of anilines is 2. The molecule has 1 aliphatic rings. The zero-order chi connectivity index (χ0) is 20.4. The third-order valence-corrected chi connectivity index (χ3v) is 4.76. The van der Waals surface area contributed by atoms with Gasteiger partial charge in [-0.25, -0.2) is 0 Å². The van der Waals surface area contributed by atoms with E-state index in [0.717, 1.165) is 5.69 Å². The number of nitrogens with zero attached hydrogens (tertiary/aromatic N) is 2. The van der Waals surface area contributed by atoms with Gasteiger partial charge in [0.1, 0.15) is 11.3 Å². The van der Waals surface area contributed by atoms with E-state index in [1.807, 2.05) is 31.1 Å². The SMILES string of the molecule is COc1cc(N(C)C)ccc1C=C1C(=O)NC(=S)N(c2ccc(Cl)cc2)C1=O. The zero-order valence-corrected chi connectivity index (χ0v) is 17.1. The predicted octanol–water partition coefficient (Wildman–Crippen LogP) is 3.25. The molecule has 1 heterocycles. The fourth-order valence-corrected chi connectivity index (χ4v) is 3.14. The third kappa shape index (κ3) is 3.85. The van der Waals surface area contributed by atoms with Crippen LogP contribution in [0.5, 0.6) is 5.75 Å². The molecule has 28 heavy (non-hydrogen) atoms. The van der Waals surface area contributed by atoms with Crippen LogP contribution in [0.25, 0.3) is 6.08 Å². The van der Waals surface area contributed by atoms with Crippen molar-refractivity contribution in [2.45, 2.75) is 0 Å². The summed E-state index contributed by atoms with van der Waals surface area (Å²) in [6.45, 7) is 0. The largest absolute Gasteiger partial charge is 0.496 e. The van der Waals surface area contributed by atoms with Gasteiger partial charge in [-0.05, 0) is 54.7 Å². The van der Waals surface area contributed by atoms with Gasteiger partial charge in [-0.1, -0.05) is 11.6 Å². The van der Waals surface area contributed by atoms with Crippen molar-refractivity contribution in [1.82, 2.24) is 5.32 Å². The second-order valence-electron chi connectivity index (χ2n) is 6.25.